The lowest BCUT2D eigenvalue weighted by molar-refractivity contribution is -0.138. The summed E-state index contributed by atoms with van der Waals surface area (Å²) in [7, 11) is 1.53. The Labute approximate surface area is 131 Å². The number of halogens is 3. The average Bonchev–Trinajstić information content (AvgIpc) is 2.80. The molecule has 0 aliphatic carbocycles. The third-order valence-electron chi connectivity index (χ3n) is 3.58. The van der Waals surface area contributed by atoms with Crippen molar-refractivity contribution < 1.29 is 13.2 Å². The summed E-state index contributed by atoms with van der Waals surface area (Å²) in [5, 5.41) is 0. The van der Waals surface area contributed by atoms with Crippen LogP contribution in [0.15, 0.2) is 29.2 Å². The van der Waals surface area contributed by atoms with Crippen molar-refractivity contribution in [3.05, 3.63) is 46.0 Å². The zero-order valence-electron chi connectivity index (χ0n) is 13.3. The van der Waals surface area contributed by atoms with Crippen LogP contribution in [-0.4, -0.2) is 21.4 Å². The van der Waals surface area contributed by atoms with Gasteiger partial charge in [-0.05, 0) is 26.0 Å². The summed E-state index contributed by atoms with van der Waals surface area (Å²) >= 11 is 0. The predicted octanol–water partition coefficient (Wildman–Crippen LogP) is 2.74. The Balaban J connectivity index is 2.57. The Morgan fingerprint density at radius 1 is 1.17 bits per heavy atom. The van der Waals surface area contributed by atoms with E-state index < -0.39 is 17.3 Å². The highest BCUT2D eigenvalue weighted by Crippen LogP contribution is 2.34. The maximum absolute atomic E-state index is 13.4. The summed E-state index contributed by atoms with van der Waals surface area (Å²) < 4.78 is 42.7. The second kappa shape index (κ2) is 6.47. The molecule has 2 aromatic heterocycles. The predicted molar refractivity (Wildman–Crippen MR) is 81.4 cm³/mol. The van der Waals surface area contributed by atoms with Crippen molar-refractivity contribution in [3.63, 3.8) is 0 Å². The number of aromatic nitrogens is 3. The van der Waals surface area contributed by atoms with E-state index in [2.05, 4.69) is 4.98 Å². The van der Waals surface area contributed by atoms with Crippen LogP contribution < -0.4 is 10.5 Å². The van der Waals surface area contributed by atoms with Gasteiger partial charge in [-0.25, -0.2) is 4.68 Å². The number of pyridine rings is 1. The maximum atomic E-state index is 13.4. The fraction of sp³-hybridized carbons (Fsp3) is 0.467. The molecule has 0 saturated carbocycles. The molecule has 0 atom stereocenters. The molecule has 0 bridgehead atoms. The highest BCUT2D eigenvalue weighted by molar-refractivity contribution is 5.49. The standard InChI is InChI=1S/C15H19F3N4O/c1-4-21-13(20(3)10-11-8-6-7-9-19-11)12(15(16,17)18)14(23)22(21)5-2/h6-9H,4-5,10H2,1-3H3. The third-order valence-corrected chi connectivity index (χ3v) is 3.58. The number of hydrogen-bond acceptors (Lipinski definition) is 3. The zero-order valence-corrected chi connectivity index (χ0v) is 13.3. The first-order valence-electron chi connectivity index (χ1n) is 7.33. The van der Waals surface area contributed by atoms with Crippen molar-refractivity contribution in [3.8, 4) is 0 Å². The van der Waals surface area contributed by atoms with E-state index in [1.165, 1.54) is 16.6 Å². The van der Waals surface area contributed by atoms with Gasteiger partial charge in [0.1, 0.15) is 5.82 Å². The minimum absolute atomic E-state index is 0.127. The Kier molecular flexibility index (Phi) is 4.82. The summed E-state index contributed by atoms with van der Waals surface area (Å²) in [6.07, 6.45) is -3.12. The molecule has 5 nitrogen and oxygen atoms in total. The van der Waals surface area contributed by atoms with Crippen molar-refractivity contribution >= 4 is 5.82 Å². The molecule has 0 fully saturated rings. The van der Waals surface area contributed by atoms with Crippen molar-refractivity contribution in [2.75, 3.05) is 11.9 Å². The van der Waals surface area contributed by atoms with Crippen molar-refractivity contribution in [1.29, 1.82) is 0 Å². The molecule has 0 saturated heterocycles. The van der Waals surface area contributed by atoms with Crippen LogP contribution in [0.1, 0.15) is 25.1 Å². The first-order chi connectivity index (χ1) is 10.8. The SMILES string of the molecule is CCn1c(N(C)Cc2ccccn2)c(C(F)(F)F)c(=O)n1CC. The summed E-state index contributed by atoms with van der Waals surface area (Å²) in [4.78, 5) is 17.7. The van der Waals surface area contributed by atoms with Gasteiger partial charge in [0.25, 0.3) is 5.56 Å². The van der Waals surface area contributed by atoms with Crippen LogP contribution in [0.3, 0.4) is 0 Å². The lowest BCUT2D eigenvalue weighted by Gasteiger charge is -2.23. The molecule has 8 heteroatoms. The van der Waals surface area contributed by atoms with E-state index in [1.54, 1.807) is 38.2 Å². The largest absolute Gasteiger partial charge is 0.425 e. The van der Waals surface area contributed by atoms with Gasteiger partial charge in [-0.15, -0.1) is 0 Å². The van der Waals surface area contributed by atoms with Gasteiger partial charge in [-0.2, -0.15) is 13.2 Å². The monoisotopic (exact) mass is 328 g/mol. The first-order valence-corrected chi connectivity index (χ1v) is 7.33. The molecular formula is C15H19F3N4O. The minimum Gasteiger partial charge on any atom is -0.353 e. The van der Waals surface area contributed by atoms with Crippen LogP contribution in [0.25, 0.3) is 0 Å². The summed E-state index contributed by atoms with van der Waals surface area (Å²) in [6, 6.07) is 5.24. The van der Waals surface area contributed by atoms with Crippen LogP contribution in [0.5, 0.6) is 0 Å². The number of alkyl halides is 3. The molecule has 0 unspecified atom stereocenters. The molecule has 2 rings (SSSR count). The molecule has 0 aliphatic rings. The van der Waals surface area contributed by atoms with E-state index in [-0.39, 0.29) is 25.5 Å². The number of rotatable bonds is 5. The molecule has 0 radical (unpaired) electrons. The Morgan fingerprint density at radius 2 is 1.83 bits per heavy atom. The maximum Gasteiger partial charge on any atom is 0.425 e. The first kappa shape index (κ1) is 17.1. The Bertz CT molecular complexity index is 719. The van der Waals surface area contributed by atoms with E-state index in [0.717, 1.165) is 4.68 Å². The molecule has 0 N–H and O–H groups in total. The molecule has 0 amide bonds. The second-order valence-electron chi connectivity index (χ2n) is 5.11. The molecule has 2 heterocycles. The fourth-order valence-electron chi connectivity index (χ4n) is 2.66. The lowest BCUT2D eigenvalue weighted by Crippen LogP contribution is -2.25. The van der Waals surface area contributed by atoms with E-state index in [0.29, 0.717) is 5.69 Å². The van der Waals surface area contributed by atoms with Gasteiger partial charge in [0.05, 0.1) is 12.2 Å². The van der Waals surface area contributed by atoms with Gasteiger partial charge in [-0.3, -0.25) is 14.5 Å². The number of hydrogen-bond donors (Lipinski definition) is 0. The van der Waals surface area contributed by atoms with Crippen LogP contribution >= 0.6 is 0 Å². The van der Waals surface area contributed by atoms with Crippen LogP contribution in [0.2, 0.25) is 0 Å². The van der Waals surface area contributed by atoms with Gasteiger partial charge in [0, 0.05) is 26.3 Å². The van der Waals surface area contributed by atoms with Crippen LogP contribution in [0, 0.1) is 0 Å². The molecule has 126 valence electrons. The van der Waals surface area contributed by atoms with E-state index >= 15 is 0 Å². The van der Waals surface area contributed by atoms with Crippen molar-refractivity contribution in [2.45, 2.75) is 39.7 Å². The molecular weight excluding hydrogens is 309 g/mol. The van der Waals surface area contributed by atoms with Crippen LogP contribution in [0.4, 0.5) is 19.0 Å². The summed E-state index contributed by atoms with van der Waals surface area (Å²) in [5.74, 6) is -0.127. The van der Waals surface area contributed by atoms with E-state index in [4.69, 9.17) is 0 Å². The summed E-state index contributed by atoms with van der Waals surface area (Å²) in [6.45, 7) is 3.98. The normalized spacial score (nSPS) is 11.7. The summed E-state index contributed by atoms with van der Waals surface area (Å²) in [5.41, 5.74) is -1.51. The Morgan fingerprint density at radius 3 is 2.30 bits per heavy atom. The minimum atomic E-state index is -4.71. The number of anilines is 1. The van der Waals surface area contributed by atoms with Gasteiger partial charge >= 0.3 is 6.18 Å². The highest BCUT2D eigenvalue weighted by atomic mass is 19.4. The highest BCUT2D eigenvalue weighted by Gasteiger charge is 2.41. The zero-order chi connectivity index (χ0) is 17.2. The topological polar surface area (TPSA) is 43.1 Å². The van der Waals surface area contributed by atoms with Gasteiger partial charge in [-0.1, -0.05) is 6.07 Å². The van der Waals surface area contributed by atoms with Gasteiger partial charge < -0.3 is 4.90 Å². The van der Waals surface area contributed by atoms with E-state index in [9.17, 15) is 18.0 Å². The molecule has 2 aromatic rings. The third kappa shape index (κ3) is 3.25. The van der Waals surface area contributed by atoms with Crippen molar-refractivity contribution in [1.82, 2.24) is 14.3 Å². The van der Waals surface area contributed by atoms with E-state index in [1.807, 2.05) is 0 Å². The van der Waals surface area contributed by atoms with Crippen molar-refractivity contribution in [2.24, 2.45) is 0 Å². The lowest BCUT2D eigenvalue weighted by atomic mass is 10.2. The molecule has 0 spiro atoms. The average molecular weight is 328 g/mol. The smallest absolute Gasteiger partial charge is 0.353 e. The molecule has 23 heavy (non-hydrogen) atoms. The quantitative estimate of drug-likeness (QED) is 0.848. The second-order valence-corrected chi connectivity index (χ2v) is 5.11. The fourth-order valence-corrected chi connectivity index (χ4v) is 2.66. The van der Waals surface area contributed by atoms with Gasteiger partial charge in [0.15, 0.2) is 5.56 Å². The van der Waals surface area contributed by atoms with Gasteiger partial charge in [0.2, 0.25) is 0 Å². The number of nitrogens with zero attached hydrogens (tertiary/aromatic N) is 4. The van der Waals surface area contributed by atoms with Crippen LogP contribution in [-0.2, 0) is 25.8 Å². The molecule has 0 aliphatic heterocycles. The Hall–Kier alpha value is -2.25. The molecule has 0 aromatic carbocycles.